The molecule has 3 unspecified atom stereocenters. The molecular weight excluding hydrogens is 288 g/mol. The van der Waals surface area contributed by atoms with Crippen LogP contribution in [0.1, 0.15) is 48.1 Å². The van der Waals surface area contributed by atoms with Crippen molar-refractivity contribution in [3.8, 4) is 0 Å². The fourth-order valence-electron chi connectivity index (χ4n) is 3.39. The third-order valence-corrected chi connectivity index (χ3v) is 5.62. The van der Waals surface area contributed by atoms with Gasteiger partial charge in [0.05, 0.1) is 6.10 Å². The van der Waals surface area contributed by atoms with Crippen LogP contribution >= 0.6 is 15.9 Å². The fourth-order valence-corrected chi connectivity index (χ4v) is 4.32. The molecule has 2 heteroatoms. The Hall–Kier alpha value is -0.340. The van der Waals surface area contributed by atoms with Crippen LogP contribution in [0.3, 0.4) is 0 Å². The first-order valence-corrected chi connectivity index (χ1v) is 8.09. The van der Waals surface area contributed by atoms with Crippen LogP contribution < -0.4 is 0 Å². The van der Waals surface area contributed by atoms with Gasteiger partial charge in [0.25, 0.3) is 0 Å². The van der Waals surface area contributed by atoms with Crippen LogP contribution in [0.5, 0.6) is 0 Å². The summed E-state index contributed by atoms with van der Waals surface area (Å²) in [5.74, 6) is 0.733. The number of rotatable bonds is 2. The van der Waals surface area contributed by atoms with Gasteiger partial charge in [0, 0.05) is 11.4 Å². The average Bonchev–Trinajstić information content (AvgIpc) is 2.85. The summed E-state index contributed by atoms with van der Waals surface area (Å²) in [5.41, 5.74) is 3.05. The maximum absolute atomic E-state index is 5.81. The van der Waals surface area contributed by atoms with E-state index < -0.39 is 0 Å². The molecule has 2 aliphatic rings. The molecule has 0 spiro atoms. The van der Waals surface area contributed by atoms with Crippen LogP contribution in [-0.4, -0.2) is 12.7 Å². The zero-order chi connectivity index (χ0) is 12.4. The van der Waals surface area contributed by atoms with Crippen molar-refractivity contribution in [2.75, 3.05) is 6.61 Å². The topological polar surface area (TPSA) is 9.23 Å². The van der Waals surface area contributed by atoms with E-state index in [2.05, 4.69) is 40.2 Å². The van der Waals surface area contributed by atoms with E-state index in [1.165, 1.54) is 49.7 Å². The number of alkyl halides is 1. The highest BCUT2D eigenvalue weighted by Crippen LogP contribution is 2.42. The zero-order valence-corrected chi connectivity index (χ0v) is 12.4. The Bertz CT molecular complexity index is 398. The number of hydrogen-bond donors (Lipinski definition) is 0. The Kier molecular flexibility index (Phi) is 4.05. The van der Waals surface area contributed by atoms with Crippen LogP contribution in [0.2, 0.25) is 0 Å². The van der Waals surface area contributed by atoms with Gasteiger partial charge in [-0.1, -0.05) is 40.2 Å². The van der Waals surface area contributed by atoms with E-state index in [9.17, 15) is 0 Å². The summed E-state index contributed by atoms with van der Waals surface area (Å²) in [6.45, 7) is 0.973. The van der Waals surface area contributed by atoms with Gasteiger partial charge in [0.15, 0.2) is 0 Å². The van der Waals surface area contributed by atoms with Crippen LogP contribution in [0.15, 0.2) is 24.3 Å². The monoisotopic (exact) mass is 308 g/mol. The first-order chi connectivity index (χ1) is 8.84. The number of benzene rings is 1. The van der Waals surface area contributed by atoms with Gasteiger partial charge in [-0.3, -0.25) is 0 Å². The average molecular weight is 309 g/mol. The standard InChI is InChI=1S/C16H21BrO/c17-16-13(11-14-8-4-10-18-14)7-3-6-12-5-1-2-9-15(12)16/h1-2,5,9,13-14,16H,3-4,6-8,10-11H2. The summed E-state index contributed by atoms with van der Waals surface area (Å²) < 4.78 is 5.81. The van der Waals surface area contributed by atoms with Gasteiger partial charge in [0.2, 0.25) is 0 Å². The van der Waals surface area contributed by atoms with Gasteiger partial charge >= 0.3 is 0 Å². The number of aryl methyl sites for hydroxylation is 1. The van der Waals surface area contributed by atoms with Crippen LogP contribution in [-0.2, 0) is 11.2 Å². The van der Waals surface area contributed by atoms with Crippen LogP contribution in [0.4, 0.5) is 0 Å². The SMILES string of the molecule is BrC1c2ccccc2CCCC1CC1CCCO1. The molecule has 1 aromatic rings. The molecule has 1 aromatic carbocycles. The van der Waals surface area contributed by atoms with Gasteiger partial charge in [-0.25, -0.2) is 0 Å². The molecule has 1 saturated heterocycles. The highest BCUT2D eigenvalue weighted by atomic mass is 79.9. The van der Waals surface area contributed by atoms with Gasteiger partial charge in [-0.2, -0.15) is 0 Å². The second-order valence-corrected chi connectivity index (χ2v) is 6.61. The Balaban J connectivity index is 1.76. The molecule has 0 amide bonds. The number of halogens is 1. The first-order valence-electron chi connectivity index (χ1n) is 7.18. The van der Waals surface area contributed by atoms with Crippen molar-refractivity contribution in [1.82, 2.24) is 0 Å². The third-order valence-electron chi connectivity index (χ3n) is 4.38. The van der Waals surface area contributed by atoms with Gasteiger partial charge in [-0.15, -0.1) is 0 Å². The number of fused-ring (bicyclic) bond motifs is 1. The molecule has 0 bridgehead atoms. The zero-order valence-electron chi connectivity index (χ0n) is 10.8. The van der Waals surface area contributed by atoms with E-state index in [0.29, 0.717) is 10.9 Å². The van der Waals surface area contributed by atoms with Crippen molar-refractivity contribution < 1.29 is 4.74 Å². The number of ether oxygens (including phenoxy) is 1. The molecule has 1 nitrogen and oxygen atoms in total. The molecular formula is C16H21BrO. The molecule has 0 radical (unpaired) electrons. The Morgan fingerprint density at radius 1 is 1.17 bits per heavy atom. The molecule has 3 rings (SSSR count). The number of hydrogen-bond acceptors (Lipinski definition) is 1. The molecule has 1 fully saturated rings. The Labute approximate surface area is 118 Å². The van der Waals surface area contributed by atoms with E-state index in [0.717, 1.165) is 12.5 Å². The van der Waals surface area contributed by atoms with Crippen molar-refractivity contribution in [1.29, 1.82) is 0 Å². The maximum Gasteiger partial charge on any atom is 0.0579 e. The summed E-state index contributed by atoms with van der Waals surface area (Å²) in [6, 6.07) is 8.92. The van der Waals surface area contributed by atoms with Crippen LogP contribution in [0, 0.1) is 5.92 Å². The molecule has 1 heterocycles. The smallest absolute Gasteiger partial charge is 0.0579 e. The lowest BCUT2D eigenvalue weighted by molar-refractivity contribution is 0.0880. The largest absolute Gasteiger partial charge is 0.378 e. The molecule has 1 aliphatic heterocycles. The van der Waals surface area contributed by atoms with E-state index in [1.807, 2.05) is 0 Å². The van der Waals surface area contributed by atoms with Crippen molar-refractivity contribution in [3.63, 3.8) is 0 Å². The summed E-state index contributed by atoms with van der Waals surface area (Å²) in [4.78, 5) is 0.514. The van der Waals surface area contributed by atoms with Gasteiger partial charge < -0.3 is 4.74 Å². The molecule has 98 valence electrons. The van der Waals surface area contributed by atoms with E-state index in [-0.39, 0.29) is 0 Å². The predicted octanol–water partition coefficient (Wildman–Crippen LogP) is 4.64. The highest BCUT2D eigenvalue weighted by molar-refractivity contribution is 9.09. The van der Waals surface area contributed by atoms with Crippen molar-refractivity contribution in [2.24, 2.45) is 5.92 Å². The third kappa shape index (κ3) is 2.65. The molecule has 0 aromatic heterocycles. The van der Waals surface area contributed by atoms with Crippen molar-refractivity contribution in [3.05, 3.63) is 35.4 Å². The van der Waals surface area contributed by atoms with Crippen LogP contribution in [0.25, 0.3) is 0 Å². The summed E-state index contributed by atoms with van der Waals surface area (Å²) >= 11 is 3.96. The lowest BCUT2D eigenvalue weighted by atomic mass is 9.90. The molecule has 1 aliphatic carbocycles. The van der Waals surface area contributed by atoms with Gasteiger partial charge in [-0.05, 0) is 55.6 Å². The van der Waals surface area contributed by atoms with E-state index >= 15 is 0 Å². The minimum absolute atomic E-state index is 0.514. The first kappa shape index (κ1) is 12.7. The van der Waals surface area contributed by atoms with Crippen molar-refractivity contribution in [2.45, 2.75) is 49.5 Å². The predicted molar refractivity (Wildman–Crippen MR) is 78.1 cm³/mol. The summed E-state index contributed by atoms with van der Waals surface area (Å²) in [6.07, 6.45) is 8.13. The Morgan fingerprint density at radius 2 is 2.06 bits per heavy atom. The second kappa shape index (κ2) is 5.75. The minimum Gasteiger partial charge on any atom is -0.378 e. The molecule has 3 atom stereocenters. The molecule has 0 saturated carbocycles. The van der Waals surface area contributed by atoms with Crippen molar-refractivity contribution >= 4 is 15.9 Å². The second-order valence-electron chi connectivity index (χ2n) is 5.62. The highest BCUT2D eigenvalue weighted by Gasteiger charge is 2.29. The summed E-state index contributed by atoms with van der Waals surface area (Å²) in [7, 11) is 0. The quantitative estimate of drug-likeness (QED) is 0.571. The minimum atomic E-state index is 0.514. The van der Waals surface area contributed by atoms with E-state index in [1.54, 1.807) is 0 Å². The lowest BCUT2D eigenvalue weighted by Gasteiger charge is -2.24. The molecule has 0 N–H and O–H groups in total. The van der Waals surface area contributed by atoms with E-state index in [4.69, 9.17) is 4.74 Å². The Morgan fingerprint density at radius 3 is 2.89 bits per heavy atom. The normalized spacial score (nSPS) is 31.9. The lowest BCUT2D eigenvalue weighted by Crippen LogP contribution is -2.16. The fraction of sp³-hybridized carbons (Fsp3) is 0.625. The van der Waals surface area contributed by atoms with Gasteiger partial charge in [0.1, 0.15) is 0 Å². The molecule has 18 heavy (non-hydrogen) atoms. The maximum atomic E-state index is 5.81. The summed E-state index contributed by atoms with van der Waals surface area (Å²) in [5, 5.41) is 0.